The second-order valence-electron chi connectivity index (χ2n) is 7.03. The van der Waals surface area contributed by atoms with Crippen LogP contribution in [0.3, 0.4) is 0 Å². The third kappa shape index (κ3) is 4.32. The Hall–Kier alpha value is -3.12. The number of aromatic nitrogens is 2. The molecule has 148 valence electrons. The molecular formula is C23H23N3O2S. The lowest BCUT2D eigenvalue weighted by atomic mass is 10.0. The molecule has 4 aromatic rings. The van der Waals surface area contributed by atoms with E-state index in [2.05, 4.69) is 29.4 Å². The van der Waals surface area contributed by atoms with Crippen molar-refractivity contribution in [3.8, 4) is 17.0 Å². The van der Waals surface area contributed by atoms with Gasteiger partial charge in [0.2, 0.25) is 5.91 Å². The van der Waals surface area contributed by atoms with Gasteiger partial charge in [0.05, 0.1) is 19.2 Å². The number of imidazole rings is 1. The number of carbonyl (C=O) groups is 1. The second kappa shape index (κ2) is 8.49. The number of methoxy groups -OCH3 is 1. The molecule has 2 aromatic heterocycles. The fourth-order valence-corrected chi connectivity index (χ4v) is 4.12. The average Bonchev–Trinajstić information content (AvgIpc) is 3.35. The van der Waals surface area contributed by atoms with Gasteiger partial charge in [-0.25, -0.2) is 4.98 Å². The number of benzene rings is 2. The number of amides is 1. The monoisotopic (exact) mass is 405 g/mol. The molecule has 0 fully saturated rings. The van der Waals surface area contributed by atoms with E-state index in [0.717, 1.165) is 27.7 Å². The summed E-state index contributed by atoms with van der Waals surface area (Å²) in [5.74, 6) is 1.11. The summed E-state index contributed by atoms with van der Waals surface area (Å²) < 4.78 is 7.22. The fraction of sp³-hybridized carbons (Fsp3) is 0.217. The first-order valence-electron chi connectivity index (χ1n) is 9.55. The highest BCUT2D eigenvalue weighted by Crippen LogP contribution is 2.25. The number of ether oxygens (including phenoxy) is 1. The molecule has 4 rings (SSSR count). The molecule has 6 heteroatoms. The molecule has 1 atom stereocenters. The molecule has 0 unspecified atom stereocenters. The van der Waals surface area contributed by atoms with E-state index >= 15 is 0 Å². The molecule has 1 amide bonds. The highest BCUT2D eigenvalue weighted by atomic mass is 32.1. The van der Waals surface area contributed by atoms with Crippen LogP contribution in [0, 0.1) is 0 Å². The summed E-state index contributed by atoms with van der Waals surface area (Å²) in [5, 5.41) is 5.05. The van der Waals surface area contributed by atoms with Gasteiger partial charge in [-0.2, -0.15) is 0 Å². The van der Waals surface area contributed by atoms with Gasteiger partial charge in [0.1, 0.15) is 5.75 Å². The minimum absolute atomic E-state index is 0.0205. The summed E-state index contributed by atoms with van der Waals surface area (Å²) in [6, 6.07) is 18.0. The van der Waals surface area contributed by atoms with Crippen LogP contribution in [0.2, 0.25) is 0 Å². The van der Waals surface area contributed by atoms with Crippen molar-refractivity contribution >= 4 is 22.2 Å². The van der Waals surface area contributed by atoms with Crippen molar-refractivity contribution in [2.75, 3.05) is 13.7 Å². The summed E-state index contributed by atoms with van der Waals surface area (Å²) >= 11 is 1.55. The quantitative estimate of drug-likeness (QED) is 0.491. The third-order valence-electron chi connectivity index (χ3n) is 4.98. The van der Waals surface area contributed by atoms with Crippen LogP contribution in [-0.4, -0.2) is 28.9 Å². The molecule has 0 aliphatic rings. The van der Waals surface area contributed by atoms with Gasteiger partial charge in [-0.15, -0.1) is 11.3 Å². The van der Waals surface area contributed by atoms with Gasteiger partial charge in [-0.05, 0) is 35.7 Å². The maximum Gasteiger partial charge on any atom is 0.226 e. The van der Waals surface area contributed by atoms with E-state index in [-0.39, 0.29) is 11.8 Å². The van der Waals surface area contributed by atoms with E-state index in [4.69, 9.17) is 4.74 Å². The maximum atomic E-state index is 12.5. The molecule has 5 nitrogen and oxygen atoms in total. The van der Waals surface area contributed by atoms with E-state index in [1.165, 1.54) is 5.56 Å². The molecule has 0 aliphatic carbocycles. The lowest BCUT2D eigenvalue weighted by molar-refractivity contribution is -0.120. The van der Waals surface area contributed by atoms with Gasteiger partial charge in [0.25, 0.3) is 0 Å². The van der Waals surface area contributed by atoms with E-state index in [0.29, 0.717) is 13.0 Å². The summed E-state index contributed by atoms with van der Waals surface area (Å²) in [7, 11) is 1.65. The first-order chi connectivity index (χ1) is 14.1. The number of nitrogens with zero attached hydrogens (tertiary/aromatic N) is 2. The topological polar surface area (TPSA) is 55.6 Å². The van der Waals surface area contributed by atoms with Crippen LogP contribution in [0.4, 0.5) is 0 Å². The Bertz CT molecular complexity index is 1100. The first kappa shape index (κ1) is 19.2. The molecule has 1 N–H and O–H groups in total. The summed E-state index contributed by atoms with van der Waals surface area (Å²) in [6.45, 7) is 2.74. The van der Waals surface area contributed by atoms with Crippen LogP contribution in [-0.2, 0) is 11.2 Å². The van der Waals surface area contributed by atoms with Crippen LogP contribution >= 0.6 is 11.3 Å². The molecule has 0 radical (unpaired) electrons. The van der Waals surface area contributed by atoms with Gasteiger partial charge in [0.15, 0.2) is 4.96 Å². The number of hydrogen-bond acceptors (Lipinski definition) is 4. The third-order valence-corrected chi connectivity index (χ3v) is 5.87. The van der Waals surface area contributed by atoms with E-state index in [1.807, 2.05) is 58.4 Å². The van der Waals surface area contributed by atoms with Gasteiger partial charge in [-0.1, -0.05) is 37.3 Å². The Kier molecular flexibility index (Phi) is 5.62. The van der Waals surface area contributed by atoms with Crippen LogP contribution in [0.25, 0.3) is 16.2 Å². The molecule has 0 spiro atoms. The smallest absolute Gasteiger partial charge is 0.226 e. The number of rotatable bonds is 7. The minimum atomic E-state index is 0.0205. The van der Waals surface area contributed by atoms with Crippen molar-refractivity contribution in [2.24, 2.45) is 0 Å². The SMILES string of the molecule is COc1ccc(-c2cn3c(CC(=O)NC[C@@H](C)c4ccccc4)csc3n2)cc1. The average molecular weight is 406 g/mol. The van der Waals surface area contributed by atoms with Gasteiger partial charge in [0, 0.05) is 29.4 Å². The van der Waals surface area contributed by atoms with Gasteiger partial charge < -0.3 is 10.1 Å². The zero-order valence-electron chi connectivity index (χ0n) is 16.5. The van der Waals surface area contributed by atoms with Crippen LogP contribution in [0.1, 0.15) is 24.1 Å². The Balaban J connectivity index is 1.42. The van der Waals surface area contributed by atoms with Crippen molar-refractivity contribution in [1.29, 1.82) is 0 Å². The Morgan fingerprint density at radius 3 is 2.66 bits per heavy atom. The highest BCUT2D eigenvalue weighted by molar-refractivity contribution is 7.15. The van der Waals surface area contributed by atoms with Gasteiger partial charge in [-0.3, -0.25) is 9.20 Å². The summed E-state index contributed by atoms with van der Waals surface area (Å²) in [5.41, 5.74) is 4.08. The highest BCUT2D eigenvalue weighted by Gasteiger charge is 2.14. The molecule has 2 heterocycles. The number of thiazole rings is 1. The lowest BCUT2D eigenvalue weighted by Crippen LogP contribution is -2.29. The predicted octanol–water partition coefficient (Wildman–Crippen LogP) is 4.53. The Morgan fingerprint density at radius 2 is 1.93 bits per heavy atom. The summed E-state index contributed by atoms with van der Waals surface area (Å²) in [4.78, 5) is 18.1. The second-order valence-corrected chi connectivity index (χ2v) is 7.86. The molecule has 0 aliphatic heterocycles. The molecule has 0 saturated heterocycles. The first-order valence-corrected chi connectivity index (χ1v) is 10.4. The van der Waals surface area contributed by atoms with Crippen LogP contribution in [0.15, 0.2) is 66.2 Å². The zero-order valence-corrected chi connectivity index (χ0v) is 17.3. The van der Waals surface area contributed by atoms with E-state index in [9.17, 15) is 4.79 Å². The molecule has 0 bridgehead atoms. The molecule has 0 saturated carbocycles. The largest absolute Gasteiger partial charge is 0.497 e. The van der Waals surface area contributed by atoms with Crippen LogP contribution in [0.5, 0.6) is 5.75 Å². The zero-order chi connectivity index (χ0) is 20.2. The number of fused-ring (bicyclic) bond motifs is 1. The van der Waals surface area contributed by atoms with Crippen LogP contribution < -0.4 is 10.1 Å². The molecule has 2 aromatic carbocycles. The standard InChI is InChI=1S/C23H23N3O2S/c1-16(17-6-4-3-5-7-17)13-24-22(27)12-19-15-29-23-25-21(14-26(19)23)18-8-10-20(28-2)11-9-18/h3-11,14-16H,12-13H2,1-2H3,(H,24,27)/t16-/m1/s1. The normalized spacial score (nSPS) is 12.1. The molecular weight excluding hydrogens is 382 g/mol. The van der Waals surface area contributed by atoms with Crippen molar-refractivity contribution in [3.05, 3.63) is 77.4 Å². The van der Waals surface area contributed by atoms with E-state index < -0.39 is 0 Å². The number of carbonyl (C=O) groups excluding carboxylic acids is 1. The fourth-order valence-electron chi connectivity index (χ4n) is 3.25. The van der Waals surface area contributed by atoms with E-state index in [1.54, 1.807) is 18.4 Å². The lowest BCUT2D eigenvalue weighted by Gasteiger charge is -2.12. The van der Waals surface area contributed by atoms with Crippen molar-refractivity contribution < 1.29 is 9.53 Å². The Labute approximate surface area is 174 Å². The van der Waals surface area contributed by atoms with Gasteiger partial charge >= 0.3 is 0 Å². The molecule has 29 heavy (non-hydrogen) atoms. The Morgan fingerprint density at radius 1 is 1.17 bits per heavy atom. The van der Waals surface area contributed by atoms with Crippen molar-refractivity contribution in [3.63, 3.8) is 0 Å². The van der Waals surface area contributed by atoms with Crippen molar-refractivity contribution in [1.82, 2.24) is 14.7 Å². The van der Waals surface area contributed by atoms with Crippen molar-refractivity contribution in [2.45, 2.75) is 19.3 Å². The maximum absolute atomic E-state index is 12.5. The summed E-state index contributed by atoms with van der Waals surface area (Å²) in [6.07, 6.45) is 2.32. The number of nitrogens with one attached hydrogen (secondary N) is 1. The predicted molar refractivity (Wildman–Crippen MR) is 117 cm³/mol. The number of hydrogen-bond donors (Lipinski definition) is 1. The minimum Gasteiger partial charge on any atom is -0.497 e.